The van der Waals surface area contributed by atoms with Crippen LogP contribution in [0, 0.1) is 9.62 Å². The number of piperidine rings is 1. The molecule has 8 nitrogen and oxygen atoms in total. The third kappa shape index (κ3) is 5.67. The van der Waals surface area contributed by atoms with Crippen LogP contribution in [0.3, 0.4) is 0 Å². The zero-order chi connectivity index (χ0) is 27.8. The molecule has 39 heavy (non-hydrogen) atoms. The average Bonchev–Trinajstić information content (AvgIpc) is 3.28. The molecular formula is C29H32IN5O3S. The van der Waals surface area contributed by atoms with E-state index in [4.69, 9.17) is 0 Å². The highest BCUT2D eigenvalue weighted by Gasteiger charge is 2.27. The number of amides is 1. The van der Waals surface area contributed by atoms with Crippen LogP contribution in [0.25, 0.3) is 11.0 Å². The van der Waals surface area contributed by atoms with Gasteiger partial charge in [-0.15, -0.1) is 0 Å². The molecule has 0 spiro atoms. The Morgan fingerprint density at radius 2 is 1.69 bits per heavy atom. The molecule has 1 fully saturated rings. The first-order chi connectivity index (χ1) is 18.6. The van der Waals surface area contributed by atoms with Crippen molar-refractivity contribution in [1.82, 2.24) is 19.3 Å². The molecule has 2 aromatic carbocycles. The Morgan fingerprint density at radius 3 is 2.33 bits per heavy atom. The number of nitrogens with zero attached hydrogens (tertiary/aromatic N) is 4. The van der Waals surface area contributed by atoms with Crippen LogP contribution in [0.4, 0.5) is 5.82 Å². The van der Waals surface area contributed by atoms with Crippen molar-refractivity contribution in [2.24, 2.45) is 5.92 Å². The molecule has 1 N–H and O–H groups in total. The first kappa shape index (κ1) is 27.6. The minimum absolute atomic E-state index is 0.0501. The lowest BCUT2D eigenvalue weighted by molar-refractivity contribution is 0.0945. The molecule has 0 atom stereocenters. The van der Waals surface area contributed by atoms with E-state index in [2.05, 4.69) is 41.0 Å². The van der Waals surface area contributed by atoms with Crippen molar-refractivity contribution >= 4 is 55.4 Å². The number of anilines is 1. The molecule has 4 aromatic rings. The van der Waals surface area contributed by atoms with Gasteiger partial charge in [-0.1, -0.05) is 51.1 Å². The summed E-state index contributed by atoms with van der Waals surface area (Å²) in [6.07, 6.45) is 3.23. The van der Waals surface area contributed by atoms with Crippen LogP contribution >= 0.6 is 22.6 Å². The van der Waals surface area contributed by atoms with Crippen molar-refractivity contribution < 1.29 is 13.2 Å². The summed E-state index contributed by atoms with van der Waals surface area (Å²) in [5, 5.41) is 3.81. The summed E-state index contributed by atoms with van der Waals surface area (Å²) >= 11 is 2.04. The molecule has 1 amide bonds. The van der Waals surface area contributed by atoms with Gasteiger partial charge < -0.3 is 10.2 Å². The maximum absolute atomic E-state index is 13.4. The maximum Gasteiger partial charge on any atom is 0.270 e. The van der Waals surface area contributed by atoms with Gasteiger partial charge in [-0.05, 0) is 82.7 Å². The Bertz CT molecular complexity index is 1590. The Labute approximate surface area is 243 Å². The number of hydrogen-bond donors (Lipinski definition) is 1. The van der Waals surface area contributed by atoms with Gasteiger partial charge in [-0.3, -0.25) is 4.79 Å². The van der Waals surface area contributed by atoms with Crippen molar-refractivity contribution in [3.63, 3.8) is 0 Å². The molecule has 0 radical (unpaired) electrons. The van der Waals surface area contributed by atoms with Gasteiger partial charge in [-0.25, -0.2) is 22.4 Å². The number of carbonyl (C=O) groups is 1. The van der Waals surface area contributed by atoms with E-state index in [1.165, 1.54) is 15.9 Å². The van der Waals surface area contributed by atoms with Gasteiger partial charge in [0.25, 0.3) is 15.9 Å². The number of hydrogen-bond acceptors (Lipinski definition) is 6. The fourth-order valence-corrected chi connectivity index (χ4v) is 7.62. The molecule has 1 aliphatic rings. The minimum Gasteiger partial charge on any atom is -0.356 e. The van der Waals surface area contributed by atoms with Crippen LogP contribution in [-0.2, 0) is 15.4 Å². The van der Waals surface area contributed by atoms with E-state index in [-0.39, 0.29) is 16.2 Å². The van der Waals surface area contributed by atoms with Crippen LogP contribution in [-0.4, -0.2) is 47.9 Å². The first-order valence-electron chi connectivity index (χ1n) is 13.0. The predicted molar refractivity (Wildman–Crippen MR) is 162 cm³/mol. The van der Waals surface area contributed by atoms with Crippen LogP contribution in [0.1, 0.15) is 49.5 Å². The summed E-state index contributed by atoms with van der Waals surface area (Å²) in [7, 11) is -3.80. The molecule has 1 saturated heterocycles. The summed E-state index contributed by atoms with van der Waals surface area (Å²) in [5.74, 6) is 1.05. The highest BCUT2D eigenvalue weighted by Crippen LogP contribution is 2.32. The van der Waals surface area contributed by atoms with Crippen LogP contribution in [0.5, 0.6) is 0 Å². The number of fused-ring (bicyclic) bond motifs is 1. The summed E-state index contributed by atoms with van der Waals surface area (Å²) in [6.45, 7) is 8.62. The van der Waals surface area contributed by atoms with Crippen molar-refractivity contribution in [3.8, 4) is 0 Å². The summed E-state index contributed by atoms with van der Waals surface area (Å²) in [6, 6.07) is 18.1. The SMILES string of the molecule is CC(C)(C)c1ccc(C(=O)NCC2CCN(c3ncnc4c3cc(I)n4S(=O)(=O)c3ccccc3)CC2)cc1. The molecule has 0 saturated carbocycles. The standard InChI is InChI=1S/C29H32IN5O3S/c1-29(2,3)22-11-9-21(10-12-22)28(36)31-18-20-13-15-34(16-14-20)26-24-17-25(30)35(27(24)33-19-32-26)39(37,38)23-7-5-4-6-8-23/h4-12,17,19-20H,13-16,18H2,1-3H3,(H,31,36). The molecule has 0 bridgehead atoms. The molecule has 0 unspecified atom stereocenters. The predicted octanol–water partition coefficient (Wildman–Crippen LogP) is 5.22. The van der Waals surface area contributed by atoms with E-state index >= 15 is 0 Å². The molecule has 3 heterocycles. The van der Waals surface area contributed by atoms with E-state index in [1.54, 1.807) is 30.3 Å². The van der Waals surface area contributed by atoms with Crippen molar-refractivity contribution in [3.05, 3.63) is 81.8 Å². The van der Waals surface area contributed by atoms with Crippen LogP contribution < -0.4 is 10.2 Å². The molecule has 0 aliphatic carbocycles. The van der Waals surface area contributed by atoms with E-state index in [1.807, 2.05) is 52.9 Å². The Balaban J connectivity index is 1.26. The van der Waals surface area contributed by atoms with Gasteiger partial charge >= 0.3 is 0 Å². The molecule has 10 heteroatoms. The normalized spacial score (nSPS) is 15.0. The Hall–Kier alpha value is -2.99. The highest BCUT2D eigenvalue weighted by atomic mass is 127. The van der Waals surface area contributed by atoms with E-state index in [0.717, 1.165) is 31.7 Å². The average molecular weight is 658 g/mol. The van der Waals surface area contributed by atoms with E-state index in [9.17, 15) is 13.2 Å². The lowest BCUT2D eigenvalue weighted by atomic mass is 9.86. The topological polar surface area (TPSA) is 97.2 Å². The second-order valence-corrected chi connectivity index (χ2v) is 13.8. The minimum atomic E-state index is -3.80. The molecule has 1 aliphatic heterocycles. The van der Waals surface area contributed by atoms with Gasteiger partial charge in [0.15, 0.2) is 5.65 Å². The number of aromatic nitrogens is 3. The number of rotatable bonds is 6. The van der Waals surface area contributed by atoms with E-state index in [0.29, 0.717) is 32.8 Å². The van der Waals surface area contributed by atoms with Crippen molar-refractivity contribution in [2.45, 2.75) is 43.9 Å². The van der Waals surface area contributed by atoms with Crippen molar-refractivity contribution in [1.29, 1.82) is 0 Å². The first-order valence-corrected chi connectivity index (χ1v) is 15.5. The number of nitrogens with one attached hydrogen (secondary N) is 1. The molecular weight excluding hydrogens is 625 g/mol. The Kier molecular flexibility index (Phi) is 7.69. The maximum atomic E-state index is 13.4. The number of benzene rings is 2. The monoisotopic (exact) mass is 657 g/mol. The highest BCUT2D eigenvalue weighted by molar-refractivity contribution is 14.1. The molecule has 2 aromatic heterocycles. The molecule has 204 valence electrons. The third-order valence-corrected chi connectivity index (χ3v) is 10.1. The lowest BCUT2D eigenvalue weighted by Gasteiger charge is -2.33. The third-order valence-electron chi connectivity index (χ3n) is 7.25. The van der Waals surface area contributed by atoms with Gasteiger partial charge in [0.05, 0.1) is 14.0 Å². The van der Waals surface area contributed by atoms with Gasteiger partial charge in [-0.2, -0.15) is 0 Å². The smallest absolute Gasteiger partial charge is 0.270 e. The van der Waals surface area contributed by atoms with E-state index < -0.39 is 10.0 Å². The second-order valence-electron chi connectivity index (χ2n) is 11.0. The number of carbonyl (C=O) groups excluding carboxylic acids is 1. The van der Waals surface area contributed by atoms with Crippen LogP contribution in [0.15, 0.2) is 71.9 Å². The lowest BCUT2D eigenvalue weighted by Crippen LogP contribution is -2.39. The quantitative estimate of drug-likeness (QED) is 0.286. The summed E-state index contributed by atoms with van der Waals surface area (Å²) < 4.78 is 28.6. The largest absolute Gasteiger partial charge is 0.356 e. The second kappa shape index (κ2) is 10.9. The number of halogens is 1. The Morgan fingerprint density at radius 1 is 1.03 bits per heavy atom. The van der Waals surface area contributed by atoms with Gasteiger partial charge in [0.1, 0.15) is 12.1 Å². The summed E-state index contributed by atoms with van der Waals surface area (Å²) in [4.78, 5) is 24.0. The summed E-state index contributed by atoms with van der Waals surface area (Å²) in [5.41, 5.74) is 2.30. The fourth-order valence-electron chi connectivity index (χ4n) is 4.94. The van der Waals surface area contributed by atoms with Crippen molar-refractivity contribution in [2.75, 3.05) is 24.5 Å². The van der Waals surface area contributed by atoms with Gasteiger partial charge in [0.2, 0.25) is 0 Å². The van der Waals surface area contributed by atoms with Gasteiger partial charge in [0, 0.05) is 25.2 Å². The zero-order valence-electron chi connectivity index (χ0n) is 22.3. The fraction of sp³-hybridized carbons (Fsp3) is 0.345. The van der Waals surface area contributed by atoms with Crippen LogP contribution in [0.2, 0.25) is 0 Å². The zero-order valence-corrected chi connectivity index (χ0v) is 25.2. The molecule has 5 rings (SSSR count).